The van der Waals surface area contributed by atoms with Gasteiger partial charge in [0.15, 0.2) is 0 Å². The molecule has 6 heteroatoms. The van der Waals surface area contributed by atoms with E-state index in [1.54, 1.807) is 0 Å². The van der Waals surface area contributed by atoms with E-state index >= 15 is 0 Å². The van der Waals surface area contributed by atoms with E-state index in [4.69, 9.17) is 5.11 Å². The number of fused-ring (bicyclic) bond motifs is 1. The maximum absolute atomic E-state index is 13.7. The molecule has 1 aliphatic rings. The number of carbonyl (C=O) groups is 2. The number of aliphatic hydroxyl groups excluding tert-OH is 1. The Bertz CT molecular complexity index is 502. The lowest BCUT2D eigenvalue weighted by Gasteiger charge is -2.18. The molecule has 0 bridgehead atoms. The van der Waals surface area contributed by atoms with Crippen LogP contribution in [0.1, 0.15) is 22.3 Å². The van der Waals surface area contributed by atoms with Crippen LogP contribution in [0.3, 0.4) is 0 Å². The minimum atomic E-state index is -0.689. The monoisotopic (exact) mass is 252 g/mol. The zero-order chi connectivity index (χ0) is 13.1. The maximum Gasteiger partial charge on any atom is 0.254 e. The molecular formula is C12H13FN2O3. The molecule has 0 spiro atoms. The zero-order valence-electron chi connectivity index (χ0n) is 9.62. The topological polar surface area (TPSA) is 78.4 Å². The number of hydrogen-bond donors (Lipinski definition) is 3. The van der Waals surface area contributed by atoms with Gasteiger partial charge in [0, 0.05) is 18.7 Å². The molecule has 1 aliphatic heterocycles. The Morgan fingerprint density at radius 2 is 2.22 bits per heavy atom. The molecule has 1 aromatic carbocycles. The highest BCUT2D eigenvalue weighted by Crippen LogP contribution is 2.25. The lowest BCUT2D eigenvalue weighted by atomic mass is 9.99. The summed E-state index contributed by atoms with van der Waals surface area (Å²) in [5, 5.41) is 13.5. The van der Waals surface area contributed by atoms with Crippen LogP contribution in [0.4, 0.5) is 10.1 Å². The molecular weight excluding hydrogens is 239 g/mol. The largest absolute Gasteiger partial charge is 0.395 e. The van der Waals surface area contributed by atoms with Crippen molar-refractivity contribution in [2.75, 3.05) is 18.5 Å². The van der Waals surface area contributed by atoms with Gasteiger partial charge in [-0.15, -0.1) is 0 Å². The van der Waals surface area contributed by atoms with Crippen LogP contribution in [0.5, 0.6) is 0 Å². The van der Waals surface area contributed by atoms with Gasteiger partial charge in [0.1, 0.15) is 5.82 Å². The predicted octanol–water partition coefficient (Wildman–Crippen LogP) is 0.432. The van der Waals surface area contributed by atoms with Crippen molar-refractivity contribution in [2.24, 2.45) is 0 Å². The van der Waals surface area contributed by atoms with Gasteiger partial charge in [-0.25, -0.2) is 4.39 Å². The average Bonchev–Trinajstić information content (AvgIpc) is 2.35. The van der Waals surface area contributed by atoms with Crippen molar-refractivity contribution in [1.82, 2.24) is 5.32 Å². The van der Waals surface area contributed by atoms with Gasteiger partial charge < -0.3 is 15.7 Å². The van der Waals surface area contributed by atoms with Crippen LogP contribution >= 0.6 is 0 Å². The minimum absolute atomic E-state index is 0.0710. The van der Waals surface area contributed by atoms with E-state index < -0.39 is 11.7 Å². The normalized spacial score (nSPS) is 13.8. The Morgan fingerprint density at radius 1 is 1.44 bits per heavy atom. The van der Waals surface area contributed by atoms with Crippen molar-refractivity contribution in [3.05, 3.63) is 29.1 Å². The Balaban J connectivity index is 2.27. The third-order valence-corrected chi connectivity index (χ3v) is 2.73. The standard InChI is InChI=1S/C12H13FN2O3/c13-9-6-10-7(1-2-11(17)15-10)5-8(9)12(18)14-3-4-16/h5-6,16H,1-4H2,(H,14,18)(H,15,17). The van der Waals surface area contributed by atoms with E-state index in [2.05, 4.69) is 10.6 Å². The van der Waals surface area contributed by atoms with Crippen LogP contribution in [-0.2, 0) is 11.2 Å². The number of hydrogen-bond acceptors (Lipinski definition) is 3. The second-order valence-corrected chi connectivity index (χ2v) is 4.02. The number of nitrogens with one attached hydrogen (secondary N) is 2. The third-order valence-electron chi connectivity index (χ3n) is 2.73. The van der Waals surface area contributed by atoms with Gasteiger partial charge in [-0.3, -0.25) is 9.59 Å². The highest BCUT2D eigenvalue weighted by atomic mass is 19.1. The van der Waals surface area contributed by atoms with Crippen LogP contribution in [0.2, 0.25) is 0 Å². The molecule has 0 aromatic heterocycles. The minimum Gasteiger partial charge on any atom is -0.395 e. The second-order valence-electron chi connectivity index (χ2n) is 4.02. The Morgan fingerprint density at radius 3 is 2.94 bits per heavy atom. The van der Waals surface area contributed by atoms with Crippen LogP contribution in [0.15, 0.2) is 12.1 Å². The summed E-state index contributed by atoms with van der Waals surface area (Å²) in [4.78, 5) is 22.8. The zero-order valence-corrected chi connectivity index (χ0v) is 9.62. The number of aryl methyl sites for hydroxylation is 1. The fourth-order valence-corrected chi connectivity index (χ4v) is 1.84. The maximum atomic E-state index is 13.7. The van der Waals surface area contributed by atoms with Crippen LogP contribution in [0.25, 0.3) is 0 Å². The van der Waals surface area contributed by atoms with E-state index in [0.29, 0.717) is 18.5 Å². The molecule has 3 N–H and O–H groups in total. The molecule has 0 unspecified atom stereocenters. The number of rotatable bonds is 3. The molecule has 18 heavy (non-hydrogen) atoms. The van der Waals surface area contributed by atoms with Crippen LogP contribution in [0, 0.1) is 5.82 Å². The molecule has 0 atom stereocenters. The summed E-state index contributed by atoms with van der Waals surface area (Å²) in [7, 11) is 0. The van der Waals surface area contributed by atoms with Gasteiger partial charge in [0.2, 0.25) is 5.91 Å². The third kappa shape index (κ3) is 2.48. The van der Waals surface area contributed by atoms with E-state index in [1.807, 2.05) is 0 Å². The van der Waals surface area contributed by atoms with Crippen molar-refractivity contribution in [1.29, 1.82) is 0 Å². The van der Waals surface area contributed by atoms with Crippen LogP contribution < -0.4 is 10.6 Å². The van der Waals surface area contributed by atoms with Crippen molar-refractivity contribution in [3.8, 4) is 0 Å². The summed E-state index contributed by atoms with van der Waals surface area (Å²) in [6.07, 6.45) is 0.818. The Labute approximate surface area is 103 Å². The molecule has 2 amide bonds. The van der Waals surface area contributed by atoms with E-state index in [9.17, 15) is 14.0 Å². The number of anilines is 1. The first-order valence-corrected chi connectivity index (χ1v) is 5.63. The fraction of sp³-hybridized carbons (Fsp3) is 0.333. The summed E-state index contributed by atoms with van der Waals surface area (Å²) in [6.45, 7) is -0.125. The molecule has 5 nitrogen and oxygen atoms in total. The van der Waals surface area contributed by atoms with Gasteiger partial charge in [-0.05, 0) is 24.1 Å². The molecule has 0 radical (unpaired) electrons. The van der Waals surface area contributed by atoms with Crippen molar-refractivity contribution in [2.45, 2.75) is 12.8 Å². The highest BCUT2D eigenvalue weighted by Gasteiger charge is 2.20. The fourth-order valence-electron chi connectivity index (χ4n) is 1.84. The number of aliphatic hydroxyl groups is 1. The first kappa shape index (κ1) is 12.5. The predicted molar refractivity (Wildman–Crippen MR) is 62.8 cm³/mol. The quantitative estimate of drug-likeness (QED) is 0.730. The molecule has 0 aliphatic carbocycles. The average molecular weight is 252 g/mol. The van der Waals surface area contributed by atoms with Crippen LogP contribution in [-0.4, -0.2) is 30.1 Å². The van der Waals surface area contributed by atoms with Gasteiger partial charge in [-0.2, -0.15) is 0 Å². The first-order valence-electron chi connectivity index (χ1n) is 5.63. The van der Waals surface area contributed by atoms with E-state index in [-0.39, 0.29) is 24.6 Å². The summed E-state index contributed by atoms with van der Waals surface area (Å²) in [6, 6.07) is 2.59. The number of carbonyl (C=O) groups excluding carboxylic acids is 2. The summed E-state index contributed by atoms with van der Waals surface area (Å²) in [5.74, 6) is -1.41. The molecule has 0 saturated carbocycles. The lowest BCUT2D eigenvalue weighted by Crippen LogP contribution is -2.28. The highest BCUT2D eigenvalue weighted by molar-refractivity contribution is 5.98. The number of halogens is 1. The van der Waals surface area contributed by atoms with Gasteiger partial charge in [-0.1, -0.05) is 0 Å². The van der Waals surface area contributed by atoms with Gasteiger partial charge in [0.05, 0.1) is 12.2 Å². The summed E-state index contributed by atoms with van der Waals surface area (Å²) in [5.41, 5.74) is 1.09. The van der Waals surface area contributed by atoms with Gasteiger partial charge >= 0.3 is 0 Å². The lowest BCUT2D eigenvalue weighted by molar-refractivity contribution is -0.116. The Hall–Kier alpha value is -1.95. The number of amides is 2. The Kier molecular flexibility index (Phi) is 3.57. The summed E-state index contributed by atoms with van der Waals surface area (Å²) < 4.78 is 13.7. The molecule has 1 heterocycles. The van der Waals surface area contributed by atoms with Crippen molar-refractivity contribution < 1.29 is 19.1 Å². The van der Waals surface area contributed by atoms with Gasteiger partial charge in [0.25, 0.3) is 5.91 Å². The first-order chi connectivity index (χ1) is 8.61. The second kappa shape index (κ2) is 5.14. The van der Waals surface area contributed by atoms with Crippen molar-refractivity contribution >= 4 is 17.5 Å². The smallest absolute Gasteiger partial charge is 0.254 e. The molecule has 96 valence electrons. The summed E-state index contributed by atoms with van der Waals surface area (Å²) >= 11 is 0. The molecule has 2 rings (SSSR count). The van der Waals surface area contributed by atoms with E-state index in [0.717, 1.165) is 11.6 Å². The molecule has 1 aromatic rings. The SMILES string of the molecule is O=C1CCc2cc(C(=O)NCCO)c(F)cc2N1. The van der Waals surface area contributed by atoms with Crippen molar-refractivity contribution in [3.63, 3.8) is 0 Å². The molecule has 0 fully saturated rings. The number of benzene rings is 1. The van der Waals surface area contributed by atoms with E-state index in [1.165, 1.54) is 6.07 Å². The molecule has 0 saturated heterocycles.